The Morgan fingerprint density at radius 1 is 1.15 bits per heavy atom. The molecular weight excluding hydrogens is 370 g/mol. The number of rotatable bonds is 11. The first-order valence-corrected chi connectivity index (χ1v) is 9.91. The molecule has 1 aliphatic rings. The molecule has 1 aliphatic carbocycles. The van der Waals surface area contributed by atoms with Gasteiger partial charge in [0.1, 0.15) is 6.54 Å². The fourth-order valence-corrected chi connectivity index (χ4v) is 2.94. The number of hydrogen-bond donors (Lipinski definition) is 0. The number of amides is 1. The number of carbonyl (C=O) groups excluding carboxylic acids is 2. The van der Waals surface area contributed by atoms with E-state index in [0.29, 0.717) is 47.8 Å². The molecule has 1 aromatic carbocycles. The van der Waals surface area contributed by atoms with Gasteiger partial charge in [0.15, 0.2) is 11.5 Å². The predicted octanol–water partition coefficient (Wildman–Crippen LogP) is 3.94. The molecule has 1 amide bonds. The maximum atomic E-state index is 13.0. The van der Waals surface area contributed by atoms with E-state index in [9.17, 15) is 9.59 Å². The van der Waals surface area contributed by atoms with E-state index in [1.807, 2.05) is 13.8 Å². The summed E-state index contributed by atoms with van der Waals surface area (Å²) in [6.45, 7) is 7.27. The summed E-state index contributed by atoms with van der Waals surface area (Å²) in [5.41, 5.74) is 0.372. The van der Waals surface area contributed by atoms with Crippen molar-refractivity contribution in [3.05, 3.63) is 22.7 Å². The van der Waals surface area contributed by atoms with E-state index in [1.54, 1.807) is 19.1 Å². The summed E-state index contributed by atoms with van der Waals surface area (Å²) in [5.74, 6) is 0.642. The molecule has 0 radical (unpaired) electrons. The minimum atomic E-state index is -0.412. The largest absolute Gasteiger partial charge is 0.490 e. The number of halogens is 1. The second-order valence-corrected chi connectivity index (χ2v) is 6.91. The molecule has 0 N–H and O–H groups in total. The first-order chi connectivity index (χ1) is 13.0. The predicted molar refractivity (Wildman–Crippen MR) is 104 cm³/mol. The lowest BCUT2D eigenvalue weighted by molar-refractivity contribution is -0.143. The summed E-state index contributed by atoms with van der Waals surface area (Å²) in [4.78, 5) is 26.5. The fraction of sp³-hybridized carbons (Fsp3) is 0.600. The molecule has 0 unspecified atom stereocenters. The van der Waals surface area contributed by atoms with Gasteiger partial charge in [-0.25, -0.2) is 0 Å². The SMILES string of the molecule is CCCOc1c(Cl)cc(C(=O)N(CC(=O)OCC)CC2CC2)cc1OCC. The lowest BCUT2D eigenvalue weighted by atomic mass is 10.1. The van der Waals surface area contributed by atoms with Crippen molar-refractivity contribution in [3.8, 4) is 11.5 Å². The highest BCUT2D eigenvalue weighted by atomic mass is 35.5. The van der Waals surface area contributed by atoms with Gasteiger partial charge in [0.2, 0.25) is 0 Å². The van der Waals surface area contributed by atoms with E-state index in [-0.39, 0.29) is 19.1 Å². The molecule has 150 valence electrons. The van der Waals surface area contributed by atoms with Crippen LogP contribution in [0.25, 0.3) is 0 Å². The standard InChI is InChI=1S/C20H28ClNO5/c1-4-9-27-19-16(21)10-15(11-17(19)25-5-2)20(24)22(12-14-7-8-14)13-18(23)26-6-3/h10-11,14H,4-9,12-13H2,1-3H3. The summed E-state index contributed by atoms with van der Waals surface area (Å²) in [5, 5.41) is 0.320. The van der Waals surface area contributed by atoms with Gasteiger partial charge in [-0.15, -0.1) is 0 Å². The molecule has 0 spiro atoms. The number of ether oxygens (including phenoxy) is 3. The van der Waals surface area contributed by atoms with E-state index in [1.165, 1.54) is 4.90 Å². The van der Waals surface area contributed by atoms with Crippen molar-refractivity contribution < 1.29 is 23.8 Å². The molecule has 0 heterocycles. The average Bonchev–Trinajstić information content (AvgIpc) is 3.44. The van der Waals surface area contributed by atoms with Crippen molar-refractivity contribution in [2.75, 3.05) is 32.9 Å². The minimum Gasteiger partial charge on any atom is -0.490 e. The lowest BCUT2D eigenvalue weighted by Gasteiger charge is -2.23. The van der Waals surface area contributed by atoms with Gasteiger partial charge in [0.05, 0.1) is 24.8 Å². The molecule has 0 bridgehead atoms. The van der Waals surface area contributed by atoms with Crippen LogP contribution in [-0.4, -0.2) is 49.7 Å². The van der Waals surface area contributed by atoms with Crippen LogP contribution in [0.5, 0.6) is 11.5 Å². The molecule has 7 heteroatoms. The Balaban J connectivity index is 2.25. The fourth-order valence-electron chi connectivity index (χ4n) is 2.68. The first-order valence-electron chi connectivity index (χ1n) is 9.54. The van der Waals surface area contributed by atoms with Crippen LogP contribution in [0.15, 0.2) is 12.1 Å². The zero-order valence-corrected chi connectivity index (χ0v) is 17.0. The third kappa shape index (κ3) is 6.31. The van der Waals surface area contributed by atoms with Crippen LogP contribution >= 0.6 is 11.6 Å². The van der Waals surface area contributed by atoms with Gasteiger partial charge >= 0.3 is 5.97 Å². The Hall–Kier alpha value is -1.95. The third-order valence-electron chi connectivity index (χ3n) is 4.09. The molecular formula is C20H28ClNO5. The smallest absolute Gasteiger partial charge is 0.325 e. The van der Waals surface area contributed by atoms with Crippen molar-refractivity contribution >= 4 is 23.5 Å². The van der Waals surface area contributed by atoms with E-state index >= 15 is 0 Å². The Morgan fingerprint density at radius 2 is 1.89 bits per heavy atom. The summed E-state index contributed by atoms with van der Waals surface area (Å²) in [6.07, 6.45) is 2.97. The normalized spacial score (nSPS) is 13.2. The Bertz CT molecular complexity index is 660. The van der Waals surface area contributed by atoms with Gasteiger partial charge in [-0.05, 0) is 51.2 Å². The Labute approximate surface area is 165 Å². The van der Waals surface area contributed by atoms with Crippen molar-refractivity contribution in [2.45, 2.75) is 40.0 Å². The quantitative estimate of drug-likeness (QED) is 0.529. The Morgan fingerprint density at radius 3 is 2.48 bits per heavy atom. The van der Waals surface area contributed by atoms with Gasteiger partial charge in [-0.1, -0.05) is 18.5 Å². The minimum absolute atomic E-state index is 0.0706. The highest BCUT2D eigenvalue weighted by molar-refractivity contribution is 6.32. The first kappa shape index (κ1) is 21.4. The van der Waals surface area contributed by atoms with Crippen LogP contribution in [0.3, 0.4) is 0 Å². The van der Waals surface area contributed by atoms with E-state index in [2.05, 4.69) is 0 Å². The van der Waals surface area contributed by atoms with E-state index in [4.69, 9.17) is 25.8 Å². The second-order valence-electron chi connectivity index (χ2n) is 6.50. The van der Waals surface area contributed by atoms with Gasteiger partial charge in [-0.2, -0.15) is 0 Å². The van der Waals surface area contributed by atoms with Gasteiger partial charge in [0, 0.05) is 12.1 Å². The average molecular weight is 398 g/mol. The van der Waals surface area contributed by atoms with Crippen LogP contribution in [-0.2, 0) is 9.53 Å². The van der Waals surface area contributed by atoms with Crippen molar-refractivity contribution in [2.24, 2.45) is 5.92 Å². The number of benzene rings is 1. The van der Waals surface area contributed by atoms with Crippen LogP contribution in [0.4, 0.5) is 0 Å². The molecule has 0 aliphatic heterocycles. The lowest BCUT2D eigenvalue weighted by Crippen LogP contribution is -2.38. The molecule has 1 fully saturated rings. The molecule has 1 saturated carbocycles. The molecule has 1 aromatic rings. The molecule has 0 atom stereocenters. The van der Waals surface area contributed by atoms with Gasteiger partial charge < -0.3 is 19.1 Å². The summed E-state index contributed by atoms with van der Waals surface area (Å²) in [7, 11) is 0. The van der Waals surface area contributed by atoms with Crippen LogP contribution < -0.4 is 9.47 Å². The zero-order valence-electron chi connectivity index (χ0n) is 16.3. The number of nitrogens with zero attached hydrogens (tertiary/aromatic N) is 1. The van der Waals surface area contributed by atoms with Crippen LogP contribution in [0.1, 0.15) is 50.4 Å². The zero-order chi connectivity index (χ0) is 19.8. The van der Waals surface area contributed by atoms with Crippen LogP contribution in [0.2, 0.25) is 5.02 Å². The van der Waals surface area contributed by atoms with E-state index < -0.39 is 5.97 Å². The molecule has 6 nitrogen and oxygen atoms in total. The summed E-state index contributed by atoms with van der Waals surface area (Å²) in [6, 6.07) is 3.20. The van der Waals surface area contributed by atoms with Crippen molar-refractivity contribution in [1.29, 1.82) is 0 Å². The van der Waals surface area contributed by atoms with Crippen molar-refractivity contribution in [3.63, 3.8) is 0 Å². The maximum absolute atomic E-state index is 13.0. The second kappa shape index (κ2) is 10.4. The monoisotopic (exact) mass is 397 g/mol. The highest BCUT2D eigenvalue weighted by Crippen LogP contribution is 2.37. The number of esters is 1. The Kier molecular flexibility index (Phi) is 8.23. The van der Waals surface area contributed by atoms with E-state index in [0.717, 1.165) is 19.3 Å². The summed E-state index contributed by atoms with van der Waals surface area (Å²) >= 11 is 6.36. The molecule has 0 saturated heterocycles. The molecule has 0 aromatic heterocycles. The summed E-state index contributed by atoms with van der Waals surface area (Å²) < 4.78 is 16.3. The van der Waals surface area contributed by atoms with Crippen molar-refractivity contribution in [1.82, 2.24) is 4.90 Å². The van der Waals surface area contributed by atoms with Gasteiger partial charge in [-0.3, -0.25) is 9.59 Å². The maximum Gasteiger partial charge on any atom is 0.325 e. The third-order valence-corrected chi connectivity index (χ3v) is 4.38. The molecule has 27 heavy (non-hydrogen) atoms. The molecule has 2 rings (SSSR count). The number of carbonyl (C=O) groups is 2. The topological polar surface area (TPSA) is 65.1 Å². The van der Waals surface area contributed by atoms with Crippen LogP contribution in [0, 0.1) is 5.92 Å². The number of hydrogen-bond acceptors (Lipinski definition) is 5. The van der Waals surface area contributed by atoms with Gasteiger partial charge in [0.25, 0.3) is 5.91 Å². The highest BCUT2D eigenvalue weighted by Gasteiger charge is 2.29.